The Kier molecular flexibility index (Phi) is 11.0. The Labute approximate surface area is 292 Å². The molecule has 5 rings (SSSR count). The molecule has 3 aliphatic rings. The summed E-state index contributed by atoms with van der Waals surface area (Å²) in [6.45, 7) is 20.3. The smallest absolute Gasteiger partial charge is 0.253 e. The van der Waals surface area contributed by atoms with Crippen LogP contribution in [0.3, 0.4) is 0 Å². The van der Waals surface area contributed by atoms with Gasteiger partial charge in [-0.15, -0.1) is 13.2 Å². The van der Waals surface area contributed by atoms with E-state index in [4.69, 9.17) is 4.74 Å². The van der Waals surface area contributed by atoms with Crippen molar-refractivity contribution in [1.82, 2.24) is 9.80 Å². The van der Waals surface area contributed by atoms with E-state index < -0.39 is 35.1 Å². The number of ether oxygens (including phenoxy) is 1. The van der Waals surface area contributed by atoms with E-state index in [-0.39, 0.29) is 36.8 Å². The lowest BCUT2D eigenvalue weighted by Crippen LogP contribution is -2.60. The molecule has 2 aromatic rings. The zero-order valence-electron chi connectivity index (χ0n) is 29.9. The average Bonchev–Trinajstić information content (AvgIpc) is 3.71. The number of fused-ring (bicyclic) bond motifs is 1. The van der Waals surface area contributed by atoms with Crippen LogP contribution in [0.2, 0.25) is 0 Å². The second kappa shape index (κ2) is 14.9. The summed E-state index contributed by atoms with van der Waals surface area (Å²) in [7, 11) is 0. The number of carbonyl (C=O) groups is 3. The van der Waals surface area contributed by atoms with E-state index in [2.05, 4.69) is 31.9 Å². The Bertz CT molecular complexity index is 1510. The van der Waals surface area contributed by atoms with Gasteiger partial charge in [0.15, 0.2) is 0 Å². The van der Waals surface area contributed by atoms with Gasteiger partial charge in [0.1, 0.15) is 11.6 Å². The van der Waals surface area contributed by atoms with Crippen molar-refractivity contribution in [2.45, 2.75) is 83.7 Å². The summed E-state index contributed by atoms with van der Waals surface area (Å²) in [6.07, 6.45) is 4.94. The van der Waals surface area contributed by atoms with Gasteiger partial charge in [0.05, 0.1) is 30.1 Å². The Hall–Kier alpha value is -3.95. The highest BCUT2D eigenvalue weighted by molar-refractivity contribution is 6.05. The molecule has 6 atom stereocenters. The van der Waals surface area contributed by atoms with E-state index in [1.165, 1.54) is 0 Å². The summed E-state index contributed by atoms with van der Waals surface area (Å²) in [5.74, 6) is -2.56. The molecule has 3 aliphatic heterocycles. The van der Waals surface area contributed by atoms with E-state index in [0.717, 1.165) is 24.3 Å². The van der Waals surface area contributed by atoms with E-state index in [9.17, 15) is 14.7 Å². The van der Waals surface area contributed by atoms with Crippen LogP contribution in [-0.2, 0) is 25.7 Å². The van der Waals surface area contributed by atoms with Gasteiger partial charge in [-0.25, -0.2) is 0 Å². The van der Waals surface area contributed by atoms with Gasteiger partial charge in [-0.3, -0.25) is 14.4 Å². The second-order valence-electron chi connectivity index (χ2n) is 14.0. The predicted molar refractivity (Wildman–Crippen MR) is 194 cm³/mol. The van der Waals surface area contributed by atoms with Crippen LogP contribution in [0.4, 0.5) is 11.4 Å². The molecule has 3 saturated heterocycles. The first-order valence-corrected chi connectivity index (χ1v) is 17.9. The maximum absolute atomic E-state index is 15.1. The van der Waals surface area contributed by atoms with Crippen molar-refractivity contribution in [2.24, 2.45) is 17.8 Å². The van der Waals surface area contributed by atoms with E-state index in [1.807, 2.05) is 75.4 Å². The molecule has 0 radical (unpaired) electrons. The van der Waals surface area contributed by atoms with Crippen LogP contribution < -0.4 is 9.80 Å². The van der Waals surface area contributed by atoms with Crippen LogP contribution >= 0.6 is 0 Å². The van der Waals surface area contributed by atoms with Crippen LogP contribution in [0.5, 0.6) is 0 Å². The number of hydrogen-bond acceptors (Lipinski definition) is 6. The first-order chi connectivity index (χ1) is 23.6. The molecule has 9 nitrogen and oxygen atoms in total. The number of carbonyl (C=O) groups excluding carboxylic acids is 3. The molecule has 0 saturated carbocycles. The Morgan fingerprint density at radius 3 is 2.14 bits per heavy atom. The summed E-state index contributed by atoms with van der Waals surface area (Å²) in [6, 6.07) is 16.0. The van der Waals surface area contributed by atoms with Crippen molar-refractivity contribution in [1.29, 1.82) is 0 Å². The maximum Gasteiger partial charge on any atom is 0.253 e. The van der Waals surface area contributed by atoms with Gasteiger partial charge >= 0.3 is 0 Å². The number of aliphatic hydroxyl groups excluding tert-OH is 1. The molecule has 1 spiro atoms. The van der Waals surface area contributed by atoms with E-state index in [1.54, 1.807) is 26.9 Å². The third kappa shape index (κ3) is 6.20. The largest absolute Gasteiger partial charge is 0.394 e. The number of nitrogens with zero attached hydrogens (tertiary/aromatic N) is 4. The molecule has 0 aliphatic carbocycles. The maximum atomic E-state index is 15.1. The van der Waals surface area contributed by atoms with Gasteiger partial charge in [-0.05, 0) is 68.9 Å². The minimum absolute atomic E-state index is 0.150. The van der Waals surface area contributed by atoms with Gasteiger partial charge in [0, 0.05) is 44.1 Å². The van der Waals surface area contributed by atoms with Crippen LogP contribution in [0, 0.1) is 17.8 Å². The van der Waals surface area contributed by atoms with Crippen LogP contribution in [0.1, 0.15) is 59.4 Å². The van der Waals surface area contributed by atoms with Crippen molar-refractivity contribution < 1.29 is 24.2 Å². The average molecular weight is 671 g/mol. The molecule has 0 aromatic heterocycles. The van der Waals surface area contributed by atoms with Crippen molar-refractivity contribution in [3.8, 4) is 0 Å². The molecule has 49 heavy (non-hydrogen) atoms. The predicted octanol–water partition coefficient (Wildman–Crippen LogP) is 5.44. The van der Waals surface area contributed by atoms with Crippen LogP contribution in [0.25, 0.3) is 0 Å². The number of hydrogen-bond donors (Lipinski definition) is 1. The number of anilines is 2. The first kappa shape index (κ1) is 36.3. The van der Waals surface area contributed by atoms with E-state index in [0.29, 0.717) is 38.0 Å². The minimum Gasteiger partial charge on any atom is -0.394 e. The lowest BCUT2D eigenvalue weighted by molar-refractivity contribution is -0.154. The lowest BCUT2D eigenvalue weighted by Gasteiger charge is -2.41. The number of aliphatic hydroxyl groups is 1. The van der Waals surface area contributed by atoms with E-state index >= 15 is 4.79 Å². The highest BCUT2D eigenvalue weighted by Crippen LogP contribution is 2.65. The molecule has 2 aromatic carbocycles. The quantitative estimate of drug-likeness (QED) is 0.239. The third-order valence-electron chi connectivity index (χ3n) is 11.2. The molecule has 264 valence electrons. The zero-order chi connectivity index (χ0) is 35.5. The Morgan fingerprint density at radius 1 is 0.959 bits per heavy atom. The molecular weight excluding hydrogens is 616 g/mol. The van der Waals surface area contributed by atoms with Crippen LogP contribution in [-0.4, -0.2) is 88.7 Å². The van der Waals surface area contributed by atoms with Gasteiger partial charge in [0.2, 0.25) is 11.8 Å². The Morgan fingerprint density at radius 2 is 1.59 bits per heavy atom. The van der Waals surface area contributed by atoms with Gasteiger partial charge in [-0.1, -0.05) is 63.3 Å². The fraction of sp³-hybridized carbons (Fsp3) is 0.525. The SMILES string of the molecule is C=CCN(Cc1ccccc1)C(=O)[C@H]1[C@H]2C(=O)N([C@@H](CO)C(C)C)C(C(=O)N(CC=C)c3ccc(N(CC)CC)cc3)C23CC[C@]1(CC)O3. The monoisotopic (exact) mass is 670 g/mol. The fourth-order valence-electron chi connectivity index (χ4n) is 8.71. The zero-order valence-corrected chi connectivity index (χ0v) is 29.9. The summed E-state index contributed by atoms with van der Waals surface area (Å²) in [5.41, 5.74) is 0.601. The topological polar surface area (TPSA) is 93.6 Å². The molecule has 1 N–H and O–H groups in total. The summed E-state index contributed by atoms with van der Waals surface area (Å²) in [5, 5.41) is 10.7. The highest BCUT2D eigenvalue weighted by atomic mass is 16.5. The summed E-state index contributed by atoms with van der Waals surface area (Å²) in [4.78, 5) is 52.1. The standard InChI is InChI=1S/C40H54N4O5/c1-8-24-42(26-29-16-14-13-15-17-29)36(46)33-34-37(47)44(32(27-45)28(6)7)35(40(34)23-22-39(33,10-3)49-40)38(48)43(25-9-2)31-20-18-30(19-21-31)41(11-4)12-5/h8-9,13-21,28,32-35,45H,1-2,10-12,22-27H2,3-7H3/t32-,33+,34-,35?,39-,40?/m0/s1. The second-order valence-corrected chi connectivity index (χ2v) is 14.0. The number of likely N-dealkylation sites (tertiary alicyclic amines) is 1. The minimum atomic E-state index is -1.22. The van der Waals surface area contributed by atoms with Crippen molar-refractivity contribution >= 4 is 29.1 Å². The van der Waals surface area contributed by atoms with Crippen LogP contribution in [0.15, 0.2) is 79.9 Å². The third-order valence-corrected chi connectivity index (χ3v) is 11.2. The first-order valence-electron chi connectivity index (χ1n) is 17.9. The molecule has 2 unspecified atom stereocenters. The summed E-state index contributed by atoms with van der Waals surface area (Å²) < 4.78 is 7.09. The molecule has 3 fully saturated rings. The fourth-order valence-corrected chi connectivity index (χ4v) is 8.71. The Balaban J connectivity index is 1.60. The van der Waals surface area contributed by atoms with Gasteiger partial charge < -0.3 is 29.4 Å². The normalized spacial score (nSPS) is 26.1. The molecule has 2 bridgehead atoms. The van der Waals surface area contributed by atoms with Crippen molar-refractivity contribution in [3.63, 3.8) is 0 Å². The van der Waals surface area contributed by atoms with Gasteiger partial charge in [-0.2, -0.15) is 0 Å². The highest BCUT2D eigenvalue weighted by Gasteiger charge is 2.79. The van der Waals surface area contributed by atoms with Gasteiger partial charge in [0.25, 0.3) is 5.91 Å². The van der Waals surface area contributed by atoms with Crippen molar-refractivity contribution in [3.05, 3.63) is 85.5 Å². The molecular formula is C40H54N4O5. The molecule has 9 heteroatoms. The number of benzene rings is 2. The van der Waals surface area contributed by atoms with Crippen molar-refractivity contribution in [2.75, 3.05) is 42.6 Å². The molecule has 3 amide bonds. The number of rotatable bonds is 16. The lowest BCUT2D eigenvalue weighted by atomic mass is 9.64. The number of amides is 3. The molecule has 3 heterocycles. The summed E-state index contributed by atoms with van der Waals surface area (Å²) >= 11 is 0.